The highest BCUT2D eigenvalue weighted by Gasteiger charge is 2.21. The van der Waals surface area contributed by atoms with Gasteiger partial charge in [-0.25, -0.2) is 4.98 Å². The van der Waals surface area contributed by atoms with Crippen molar-refractivity contribution in [3.05, 3.63) is 40.4 Å². The van der Waals surface area contributed by atoms with E-state index in [1.165, 1.54) is 0 Å². The summed E-state index contributed by atoms with van der Waals surface area (Å²) in [5.74, 6) is 1.18. The lowest BCUT2D eigenvalue weighted by Gasteiger charge is -2.34. The van der Waals surface area contributed by atoms with E-state index in [0.717, 1.165) is 23.8 Å². The molecule has 0 unspecified atom stereocenters. The molecule has 1 saturated heterocycles. The van der Waals surface area contributed by atoms with Gasteiger partial charge in [0.1, 0.15) is 13.2 Å². The average molecular weight is 392 g/mol. The molecule has 0 atom stereocenters. The molecule has 0 radical (unpaired) electrons. The van der Waals surface area contributed by atoms with Gasteiger partial charge >= 0.3 is 0 Å². The van der Waals surface area contributed by atoms with Crippen molar-refractivity contribution in [3.8, 4) is 11.5 Å². The van der Waals surface area contributed by atoms with E-state index in [-0.39, 0.29) is 5.91 Å². The number of piperazine rings is 1. The number of thiazole rings is 1. The van der Waals surface area contributed by atoms with Crippen molar-refractivity contribution in [2.24, 2.45) is 0 Å². The number of halogens is 1. The first kappa shape index (κ1) is 17.2. The molecule has 2 aromatic rings. The van der Waals surface area contributed by atoms with Crippen LogP contribution in [0.4, 0.5) is 5.13 Å². The zero-order chi connectivity index (χ0) is 17.9. The van der Waals surface area contributed by atoms with Crippen LogP contribution < -0.4 is 14.4 Å². The summed E-state index contributed by atoms with van der Waals surface area (Å²) in [6.07, 6.45) is 5.15. The van der Waals surface area contributed by atoms with Gasteiger partial charge in [0.25, 0.3) is 0 Å². The molecule has 8 heteroatoms. The summed E-state index contributed by atoms with van der Waals surface area (Å²) in [6.45, 7) is 3.95. The van der Waals surface area contributed by atoms with Gasteiger partial charge in [-0.05, 0) is 23.8 Å². The molecule has 2 aliphatic rings. The van der Waals surface area contributed by atoms with Gasteiger partial charge in [-0.3, -0.25) is 4.79 Å². The predicted octanol–water partition coefficient (Wildman–Crippen LogP) is 2.93. The molecule has 0 saturated carbocycles. The summed E-state index contributed by atoms with van der Waals surface area (Å²) in [5.41, 5.74) is 0.814. The van der Waals surface area contributed by atoms with Crippen LogP contribution in [0, 0.1) is 0 Å². The van der Waals surface area contributed by atoms with Crippen molar-refractivity contribution in [3.63, 3.8) is 0 Å². The zero-order valence-electron chi connectivity index (χ0n) is 14.1. The third kappa shape index (κ3) is 3.64. The van der Waals surface area contributed by atoms with Crippen molar-refractivity contribution in [2.45, 2.75) is 0 Å². The maximum absolute atomic E-state index is 12.5. The summed E-state index contributed by atoms with van der Waals surface area (Å²) in [4.78, 5) is 20.8. The van der Waals surface area contributed by atoms with Crippen LogP contribution in [0.1, 0.15) is 5.56 Å². The normalized spacial score (nSPS) is 17.0. The second kappa shape index (κ2) is 7.55. The molecular formula is C18H18ClN3O3S. The van der Waals surface area contributed by atoms with Gasteiger partial charge in [0.05, 0.1) is 5.02 Å². The summed E-state index contributed by atoms with van der Waals surface area (Å²) in [5, 5.41) is 3.47. The van der Waals surface area contributed by atoms with Gasteiger partial charge in [-0.2, -0.15) is 0 Å². The van der Waals surface area contributed by atoms with Gasteiger partial charge in [0, 0.05) is 43.8 Å². The van der Waals surface area contributed by atoms with E-state index in [9.17, 15) is 4.79 Å². The highest BCUT2D eigenvalue weighted by molar-refractivity contribution is 7.13. The summed E-state index contributed by atoms with van der Waals surface area (Å²) in [7, 11) is 0. The largest absolute Gasteiger partial charge is 0.486 e. The van der Waals surface area contributed by atoms with Crippen LogP contribution in [0.5, 0.6) is 11.5 Å². The van der Waals surface area contributed by atoms with E-state index in [1.54, 1.807) is 35.8 Å². The topological polar surface area (TPSA) is 54.9 Å². The molecule has 1 fully saturated rings. The summed E-state index contributed by atoms with van der Waals surface area (Å²) >= 11 is 7.85. The fourth-order valence-corrected chi connectivity index (χ4v) is 3.96. The molecule has 0 spiro atoms. The number of benzene rings is 1. The number of nitrogens with zero attached hydrogens (tertiary/aromatic N) is 3. The Kier molecular flexibility index (Phi) is 4.99. The molecule has 6 nitrogen and oxygen atoms in total. The van der Waals surface area contributed by atoms with Gasteiger partial charge in [0.15, 0.2) is 16.6 Å². The van der Waals surface area contributed by atoms with Crippen LogP contribution in [-0.4, -0.2) is 55.2 Å². The molecule has 3 heterocycles. The lowest BCUT2D eigenvalue weighted by Crippen LogP contribution is -2.48. The Morgan fingerprint density at radius 1 is 1.19 bits per heavy atom. The Hall–Kier alpha value is -2.25. The van der Waals surface area contributed by atoms with E-state index >= 15 is 0 Å². The molecule has 1 amide bonds. The van der Waals surface area contributed by atoms with Crippen LogP contribution in [0.25, 0.3) is 6.08 Å². The second-order valence-corrected chi connectivity index (χ2v) is 7.27. The number of rotatable bonds is 3. The third-order valence-electron chi connectivity index (χ3n) is 4.32. The fourth-order valence-electron chi connectivity index (χ4n) is 2.99. The van der Waals surface area contributed by atoms with E-state index < -0.39 is 0 Å². The van der Waals surface area contributed by atoms with Crippen molar-refractivity contribution in [1.82, 2.24) is 9.88 Å². The molecule has 2 aliphatic heterocycles. The molecule has 136 valence electrons. The van der Waals surface area contributed by atoms with Gasteiger partial charge in [-0.1, -0.05) is 11.6 Å². The minimum atomic E-state index is -0.00481. The number of anilines is 1. The number of ether oxygens (including phenoxy) is 2. The Labute approximate surface area is 160 Å². The number of hydrogen-bond donors (Lipinski definition) is 0. The Balaban J connectivity index is 1.38. The van der Waals surface area contributed by atoms with Crippen molar-refractivity contribution < 1.29 is 14.3 Å². The Morgan fingerprint density at radius 3 is 2.77 bits per heavy atom. The molecule has 0 aliphatic carbocycles. The lowest BCUT2D eigenvalue weighted by molar-refractivity contribution is -0.126. The highest BCUT2D eigenvalue weighted by atomic mass is 35.5. The Bertz CT molecular complexity index is 817. The maximum atomic E-state index is 12.5. The molecule has 1 aromatic heterocycles. The van der Waals surface area contributed by atoms with E-state index in [4.69, 9.17) is 21.1 Å². The van der Waals surface area contributed by atoms with Crippen molar-refractivity contribution >= 4 is 40.1 Å². The van der Waals surface area contributed by atoms with E-state index in [2.05, 4.69) is 9.88 Å². The van der Waals surface area contributed by atoms with Crippen LogP contribution in [-0.2, 0) is 4.79 Å². The molecule has 26 heavy (non-hydrogen) atoms. The predicted molar refractivity (Wildman–Crippen MR) is 102 cm³/mol. The first-order valence-corrected chi connectivity index (χ1v) is 9.67. The van der Waals surface area contributed by atoms with E-state index in [0.29, 0.717) is 42.8 Å². The lowest BCUT2D eigenvalue weighted by atomic mass is 10.1. The minimum Gasteiger partial charge on any atom is -0.486 e. The summed E-state index contributed by atoms with van der Waals surface area (Å²) in [6, 6.07) is 3.61. The number of carbonyl (C=O) groups is 1. The van der Waals surface area contributed by atoms with Crippen LogP contribution in [0.15, 0.2) is 29.8 Å². The van der Waals surface area contributed by atoms with Gasteiger partial charge < -0.3 is 19.3 Å². The standard InChI is InChI=1S/C18H18ClN3O3S/c19-14-11-13(12-15-17(14)25-9-8-24-15)1-2-16(23)21-4-6-22(7-5-21)18-20-3-10-26-18/h1-3,10-12H,4-9H2/b2-1+. The molecule has 0 bridgehead atoms. The number of hydrogen-bond acceptors (Lipinski definition) is 6. The summed E-state index contributed by atoms with van der Waals surface area (Å²) < 4.78 is 11.1. The number of fused-ring (bicyclic) bond motifs is 1. The van der Waals surface area contributed by atoms with Gasteiger partial charge in [-0.15, -0.1) is 11.3 Å². The van der Waals surface area contributed by atoms with Crippen LogP contribution in [0.3, 0.4) is 0 Å². The van der Waals surface area contributed by atoms with Gasteiger partial charge in [0.2, 0.25) is 5.91 Å². The first-order valence-electron chi connectivity index (χ1n) is 8.41. The SMILES string of the molecule is O=C(/C=C/c1cc(Cl)c2c(c1)OCCO2)N1CCN(c2nccs2)CC1. The first-order chi connectivity index (χ1) is 12.7. The van der Waals surface area contributed by atoms with Crippen molar-refractivity contribution in [2.75, 3.05) is 44.3 Å². The molecule has 1 aromatic carbocycles. The molecule has 4 rings (SSSR count). The molecule has 0 N–H and O–H groups in total. The van der Waals surface area contributed by atoms with E-state index in [1.807, 2.05) is 16.3 Å². The van der Waals surface area contributed by atoms with Crippen LogP contribution in [0.2, 0.25) is 5.02 Å². The smallest absolute Gasteiger partial charge is 0.246 e. The van der Waals surface area contributed by atoms with Crippen molar-refractivity contribution in [1.29, 1.82) is 0 Å². The number of aromatic nitrogens is 1. The highest BCUT2D eigenvalue weighted by Crippen LogP contribution is 2.38. The maximum Gasteiger partial charge on any atom is 0.246 e. The minimum absolute atomic E-state index is 0.00481. The fraction of sp³-hybridized carbons (Fsp3) is 0.333. The van der Waals surface area contributed by atoms with Crippen LogP contribution >= 0.6 is 22.9 Å². The second-order valence-electron chi connectivity index (χ2n) is 5.99. The average Bonchev–Trinajstić information content (AvgIpc) is 3.21. The quantitative estimate of drug-likeness (QED) is 0.753. The zero-order valence-corrected chi connectivity index (χ0v) is 15.6. The number of carbonyl (C=O) groups excluding carboxylic acids is 1. The number of amides is 1. The third-order valence-corrected chi connectivity index (χ3v) is 5.43. The monoisotopic (exact) mass is 391 g/mol. The Morgan fingerprint density at radius 2 is 2.00 bits per heavy atom. The molecular weight excluding hydrogens is 374 g/mol.